The molecule has 2 amide bonds. The largest absolute Gasteiger partial charge is 0.499 e. The van der Waals surface area contributed by atoms with E-state index in [-0.39, 0.29) is 21.2 Å². The quantitative estimate of drug-likeness (QED) is 0.419. The van der Waals surface area contributed by atoms with Crippen LogP contribution in [-0.2, 0) is 9.16 Å². The average molecular weight is 359 g/mol. The summed E-state index contributed by atoms with van der Waals surface area (Å²) in [4.78, 5) is 23.8. The van der Waals surface area contributed by atoms with E-state index in [0.29, 0.717) is 0 Å². The van der Waals surface area contributed by atoms with Gasteiger partial charge in [0.25, 0.3) is 8.32 Å². The Morgan fingerprint density at radius 2 is 1.08 bits per heavy atom. The molecular formula is C17H34N2O4Si. The molecule has 0 atom stereocenters. The maximum absolute atomic E-state index is 12.3. The minimum absolute atomic E-state index is 0.229. The van der Waals surface area contributed by atoms with Crippen molar-refractivity contribution in [2.75, 3.05) is 0 Å². The monoisotopic (exact) mass is 358 g/mol. The fraction of sp³-hybridized carbons (Fsp3) is 0.882. The third-order valence-electron chi connectivity index (χ3n) is 3.96. The second-order valence-corrected chi connectivity index (χ2v) is 15.5. The second kappa shape index (κ2) is 7.33. The zero-order valence-electron chi connectivity index (χ0n) is 17.1. The molecule has 0 aliphatic rings. The van der Waals surface area contributed by atoms with E-state index in [9.17, 15) is 9.59 Å². The van der Waals surface area contributed by atoms with Gasteiger partial charge in [0.1, 0.15) is 0 Å². The Kier molecular flexibility index (Phi) is 6.95. The SMILES string of the molecule is CC(C)OC(=O)N=NC(=O)O[Si](C(C)(C)C)(C(C)(C)C)C(C)(C)C. The predicted octanol–water partition coefficient (Wildman–Crippen LogP) is 6.47. The summed E-state index contributed by atoms with van der Waals surface area (Å²) >= 11 is 0. The second-order valence-electron chi connectivity index (χ2n) is 9.43. The molecule has 0 rings (SSSR count). The lowest BCUT2D eigenvalue weighted by atomic mass is 10.2. The van der Waals surface area contributed by atoms with Gasteiger partial charge in [-0.3, -0.25) is 0 Å². The highest BCUT2D eigenvalue weighted by Gasteiger charge is 2.64. The Bertz CT molecular complexity index is 458. The number of carbonyl (C=O) groups is 2. The van der Waals surface area contributed by atoms with E-state index in [1.807, 2.05) is 0 Å². The summed E-state index contributed by atoms with van der Waals surface area (Å²) in [6.07, 6.45) is -2.04. The summed E-state index contributed by atoms with van der Waals surface area (Å²) in [6.45, 7) is 22.2. The first kappa shape index (κ1) is 22.8. The summed E-state index contributed by atoms with van der Waals surface area (Å²) in [5.74, 6) is 0. The number of carbonyl (C=O) groups excluding carboxylic acids is 2. The van der Waals surface area contributed by atoms with E-state index in [0.717, 1.165) is 0 Å². The normalized spacial score (nSPS) is 14.2. The molecule has 7 heteroatoms. The molecule has 0 aromatic rings. The highest BCUT2D eigenvalue weighted by molar-refractivity contribution is 6.83. The lowest BCUT2D eigenvalue weighted by molar-refractivity contribution is 0.123. The van der Waals surface area contributed by atoms with Crippen LogP contribution in [0.5, 0.6) is 0 Å². The van der Waals surface area contributed by atoms with E-state index in [4.69, 9.17) is 9.16 Å². The zero-order valence-corrected chi connectivity index (χ0v) is 18.1. The Morgan fingerprint density at radius 1 is 0.750 bits per heavy atom. The minimum atomic E-state index is -2.72. The van der Waals surface area contributed by atoms with E-state index >= 15 is 0 Å². The van der Waals surface area contributed by atoms with Gasteiger partial charge in [-0.1, -0.05) is 72.5 Å². The highest BCUT2D eigenvalue weighted by atomic mass is 28.4. The molecule has 0 aromatic carbocycles. The number of ether oxygens (including phenoxy) is 1. The van der Waals surface area contributed by atoms with E-state index < -0.39 is 20.5 Å². The number of amides is 2. The first-order chi connectivity index (χ1) is 10.5. The van der Waals surface area contributed by atoms with Crippen LogP contribution in [0.1, 0.15) is 76.2 Å². The number of hydrogen-bond acceptors (Lipinski definition) is 4. The standard InChI is InChI=1S/C17H34N2O4Si/c1-12(2)22-13(20)18-19-14(21)23-24(15(3,4)5,16(6,7)8)17(9,10)11/h12H,1-11H3. The van der Waals surface area contributed by atoms with Crippen LogP contribution in [0.15, 0.2) is 10.2 Å². The molecule has 140 valence electrons. The van der Waals surface area contributed by atoms with Crippen LogP contribution >= 0.6 is 0 Å². The van der Waals surface area contributed by atoms with Gasteiger partial charge in [-0.2, -0.15) is 0 Å². The Morgan fingerprint density at radius 3 is 1.38 bits per heavy atom. The van der Waals surface area contributed by atoms with Crippen LogP contribution in [0.3, 0.4) is 0 Å². The Hall–Kier alpha value is -1.24. The fourth-order valence-electron chi connectivity index (χ4n) is 4.29. The van der Waals surface area contributed by atoms with Gasteiger partial charge in [0.2, 0.25) is 0 Å². The van der Waals surface area contributed by atoms with Crippen LogP contribution in [0, 0.1) is 0 Å². The molecule has 6 nitrogen and oxygen atoms in total. The molecule has 0 aromatic heterocycles. The maximum atomic E-state index is 12.3. The number of azo groups is 1. The van der Waals surface area contributed by atoms with Gasteiger partial charge in [-0.25, -0.2) is 9.59 Å². The van der Waals surface area contributed by atoms with E-state index in [2.05, 4.69) is 72.5 Å². The zero-order chi connectivity index (χ0) is 19.6. The van der Waals surface area contributed by atoms with Crippen molar-refractivity contribution in [1.82, 2.24) is 0 Å². The van der Waals surface area contributed by atoms with Crippen molar-refractivity contribution < 1.29 is 18.8 Å². The van der Waals surface area contributed by atoms with Crippen molar-refractivity contribution in [3.05, 3.63) is 0 Å². The molecule has 0 aliphatic heterocycles. The molecule has 0 bridgehead atoms. The molecule has 0 heterocycles. The number of hydrogen-bond donors (Lipinski definition) is 0. The molecular weight excluding hydrogens is 324 g/mol. The highest BCUT2D eigenvalue weighted by Crippen LogP contribution is 2.62. The molecule has 0 unspecified atom stereocenters. The van der Waals surface area contributed by atoms with Crippen molar-refractivity contribution in [3.63, 3.8) is 0 Å². The molecule has 24 heavy (non-hydrogen) atoms. The predicted molar refractivity (Wildman–Crippen MR) is 97.9 cm³/mol. The van der Waals surface area contributed by atoms with Gasteiger partial charge >= 0.3 is 12.2 Å². The molecule has 0 radical (unpaired) electrons. The van der Waals surface area contributed by atoms with Crippen LogP contribution < -0.4 is 0 Å². The fourth-order valence-corrected chi connectivity index (χ4v) is 12.3. The van der Waals surface area contributed by atoms with Crippen molar-refractivity contribution in [2.45, 2.75) is 97.4 Å². The third-order valence-corrected chi connectivity index (χ3v) is 10.8. The summed E-state index contributed by atoms with van der Waals surface area (Å²) in [5, 5.41) is 6.05. The third kappa shape index (κ3) is 5.13. The maximum Gasteiger partial charge on any atom is 0.452 e. The van der Waals surface area contributed by atoms with Gasteiger partial charge in [-0.15, -0.1) is 0 Å². The van der Waals surface area contributed by atoms with E-state index in [1.165, 1.54) is 0 Å². The lowest BCUT2D eigenvalue weighted by Crippen LogP contribution is -2.61. The van der Waals surface area contributed by atoms with Crippen LogP contribution in [0.25, 0.3) is 0 Å². The smallest absolute Gasteiger partial charge is 0.452 e. The van der Waals surface area contributed by atoms with Crippen molar-refractivity contribution in [2.24, 2.45) is 10.2 Å². The van der Waals surface area contributed by atoms with Gasteiger partial charge in [0.05, 0.1) is 6.10 Å². The summed E-state index contributed by atoms with van der Waals surface area (Å²) in [5.41, 5.74) is 0. The van der Waals surface area contributed by atoms with Crippen molar-refractivity contribution in [3.8, 4) is 0 Å². The number of nitrogens with zero attached hydrogens (tertiary/aromatic N) is 2. The molecule has 0 spiro atoms. The summed E-state index contributed by atoms with van der Waals surface area (Å²) in [6, 6.07) is 0. The minimum Gasteiger partial charge on any atom is -0.499 e. The Labute approximate surface area is 147 Å². The van der Waals surface area contributed by atoms with Gasteiger partial charge in [0, 0.05) is 0 Å². The lowest BCUT2D eigenvalue weighted by Gasteiger charge is -2.56. The first-order valence-corrected chi connectivity index (χ1v) is 10.2. The molecule has 0 fully saturated rings. The number of rotatable bonds is 2. The van der Waals surface area contributed by atoms with Crippen LogP contribution in [-0.4, -0.2) is 26.6 Å². The topological polar surface area (TPSA) is 77.3 Å². The Balaban J connectivity index is 5.71. The first-order valence-electron chi connectivity index (χ1n) is 8.31. The molecule has 0 saturated carbocycles. The van der Waals surface area contributed by atoms with Crippen LogP contribution in [0.4, 0.5) is 9.59 Å². The van der Waals surface area contributed by atoms with Crippen molar-refractivity contribution in [1.29, 1.82) is 0 Å². The van der Waals surface area contributed by atoms with Crippen LogP contribution in [0.2, 0.25) is 15.1 Å². The van der Waals surface area contributed by atoms with Gasteiger partial charge in [0.15, 0.2) is 0 Å². The van der Waals surface area contributed by atoms with Gasteiger partial charge in [-0.05, 0) is 29.0 Å². The van der Waals surface area contributed by atoms with E-state index in [1.54, 1.807) is 13.8 Å². The molecule has 0 aliphatic carbocycles. The molecule has 0 N–H and O–H groups in total. The molecule has 0 saturated heterocycles. The average Bonchev–Trinajstić information content (AvgIpc) is 2.27. The summed E-state index contributed by atoms with van der Waals surface area (Å²) in [7, 11) is -2.72. The summed E-state index contributed by atoms with van der Waals surface area (Å²) < 4.78 is 10.9. The van der Waals surface area contributed by atoms with Gasteiger partial charge < -0.3 is 9.16 Å². The van der Waals surface area contributed by atoms with Crippen molar-refractivity contribution >= 4 is 20.5 Å².